The Kier molecular flexibility index (Phi) is 9.30. The number of nitrogens with zero attached hydrogens (tertiary/aromatic N) is 2. The quantitative estimate of drug-likeness (QED) is 0.188. The standard InChI is InChI=1S/C28H24Br2N2O5S/c1-4-36-27(34)19-7-11-21(12-8-19)31-28-32(2)26(33)24(38-28)15-18-13-22(30)25(23(14-18)35-3)37-16-17-5-9-20(29)10-6-17/h5-15H,4,16H2,1-3H3/b24-15-,31-28?. The lowest BCUT2D eigenvalue weighted by molar-refractivity contribution is -0.121. The average Bonchev–Trinajstić information content (AvgIpc) is 3.16. The molecule has 0 aromatic heterocycles. The Hall–Kier alpha value is -3.08. The molecule has 0 spiro atoms. The molecule has 3 aromatic carbocycles. The number of rotatable bonds is 8. The largest absolute Gasteiger partial charge is 0.493 e. The van der Waals surface area contributed by atoms with Crippen molar-refractivity contribution in [1.82, 2.24) is 4.90 Å². The summed E-state index contributed by atoms with van der Waals surface area (Å²) in [7, 11) is 3.25. The van der Waals surface area contributed by atoms with Gasteiger partial charge in [-0.15, -0.1) is 0 Å². The first-order valence-corrected chi connectivity index (χ1v) is 14.0. The van der Waals surface area contributed by atoms with Crippen LogP contribution in [0.4, 0.5) is 5.69 Å². The summed E-state index contributed by atoms with van der Waals surface area (Å²) in [4.78, 5) is 31.4. The first-order valence-electron chi connectivity index (χ1n) is 11.6. The van der Waals surface area contributed by atoms with Crippen LogP contribution in [0.1, 0.15) is 28.4 Å². The molecule has 0 saturated carbocycles. The zero-order chi connectivity index (χ0) is 27.2. The Morgan fingerprint density at radius 1 is 1.08 bits per heavy atom. The molecule has 0 radical (unpaired) electrons. The summed E-state index contributed by atoms with van der Waals surface area (Å²) in [6.07, 6.45) is 1.79. The van der Waals surface area contributed by atoms with Crippen molar-refractivity contribution in [3.8, 4) is 11.5 Å². The van der Waals surface area contributed by atoms with Gasteiger partial charge in [0.2, 0.25) is 0 Å². The van der Waals surface area contributed by atoms with Crippen LogP contribution in [0, 0.1) is 0 Å². The molecule has 38 heavy (non-hydrogen) atoms. The SMILES string of the molecule is CCOC(=O)c1ccc(N=C2S/C(=C\c3cc(Br)c(OCc4ccc(Br)cc4)c(OC)c3)C(=O)N2C)cc1. The molecule has 0 aliphatic carbocycles. The lowest BCUT2D eigenvalue weighted by Crippen LogP contribution is -2.23. The van der Waals surface area contributed by atoms with Crippen LogP contribution >= 0.6 is 43.6 Å². The van der Waals surface area contributed by atoms with Crippen LogP contribution in [0.5, 0.6) is 11.5 Å². The van der Waals surface area contributed by atoms with Crippen molar-refractivity contribution in [2.75, 3.05) is 20.8 Å². The molecule has 0 N–H and O–H groups in total. The highest BCUT2D eigenvalue weighted by molar-refractivity contribution is 9.10. The minimum Gasteiger partial charge on any atom is -0.493 e. The third-order valence-electron chi connectivity index (χ3n) is 5.45. The predicted molar refractivity (Wildman–Crippen MR) is 157 cm³/mol. The number of benzene rings is 3. The van der Waals surface area contributed by atoms with Gasteiger partial charge >= 0.3 is 5.97 Å². The van der Waals surface area contributed by atoms with Crippen molar-refractivity contribution < 1.29 is 23.8 Å². The summed E-state index contributed by atoms with van der Waals surface area (Å²) < 4.78 is 18.3. The summed E-state index contributed by atoms with van der Waals surface area (Å²) in [5, 5.41) is 0.533. The molecular weight excluding hydrogens is 636 g/mol. The minimum absolute atomic E-state index is 0.164. The number of methoxy groups -OCH3 is 1. The topological polar surface area (TPSA) is 77.4 Å². The summed E-state index contributed by atoms with van der Waals surface area (Å²) in [5.74, 6) is 0.574. The van der Waals surface area contributed by atoms with E-state index in [2.05, 4.69) is 36.9 Å². The Labute approximate surface area is 242 Å². The Morgan fingerprint density at radius 3 is 2.45 bits per heavy atom. The molecule has 0 atom stereocenters. The number of carbonyl (C=O) groups excluding carboxylic acids is 2. The summed E-state index contributed by atoms with van der Waals surface area (Å²) in [6.45, 7) is 2.45. The van der Waals surface area contributed by atoms with E-state index in [-0.39, 0.29) is 11.9 Å². The predicted octanol–water partition coefficient (Wildman–Crippen LogP) is 7.21. The normalized spacial score (nSPS) is 15.3. The van der Waals surface area contributed by atoms with Crippen LogP contribution in [0.2, 0.25) is 0 Å². The van der Waals surface area contributed by atoms with E-state index >= 15 is 0 Å². The fourth-order valence-electron chi connectivity index (χ4n) is 3.50. The zero-order valence-corrected chi connectivity index (χ0v) is 24.9. The molecule has 1 aliphatic rings. The van der Waals surface area contributed by atoms with E-state index in [0.717, 1.165) is 15.6 Å². The fourth-order valence-corrected chi connectivity index (χ4v) is 5.32. The maximum absolute atomic E-state index is 12.9. The van der Waals surface area contributed by atoms with E-state index < -0.39 is 0 Å². The Morgan fingerprint density at radius 2 is 1.79 bits per heavy atom. The highest BCUT2D eigenvalue weighted by Gasteiger charge is 2.30. The Bertz CT molecular complexity index is 1410. The van der Waals surface area contributed by atoms with Crippen molar-refractivity contribution >= 4 is 72.4 Å². The highest BCUT2D eigenvalue weighted by Crippen LogP contribution is 2.39. The minimum atomic E-state index is -0.384. The highest BCUT2D eigenvalue weighted by atomic mass is 79.9. The van der Waals surface area contributed by atoms with Crippen molar-refractivity contribution in [1.29, 1.82) is 0 Å². The van der Waals surface area contributed by atoms with Crippen LogP contribution in [-0.4, -0.2) is 42.7 Å². The number of esters is 1. The molecular formula is C28H24Br2N2O5S. The molecule has 1 heterocycles. The van der Waals surface area contributed by atoms with Crippen LogP contribution < -0.4 is 9.47 Å². The molecule has 1 fully saturated rings. The monoisotopic (exact) mass is 658 g/mol. The van der Waals surface area contributed by atoms with Crippen molar-refractivity contribution in [3.63, 3.8) is 0 Å². The molecule has 3 aromatic rings. The molecule has 1 aliphatic heterocycles. The van der Waals surface area contributed by atoms with E-state index in [1.165, 1.54) is 16.7 Å². The number of likely N-dealkylation sites (N-methyl/N-ethyl adjacent to an activating group) is 1. The van der Waals surface area contributed by atoms with Gasteiger partial charge in [-0.05, 0) is 100 Å². The summed E-state index contributed by atoms with van der Waals surface area (Å²) in [6, 6.07) is 18.3. The first-order chi connectivity index (χ1) is 18.3. The van der Waals surface area contributed by atoms with Crippen LogP contribution in [0.25, 0.3) is 6.08 Å². The van der Waals surface area contributed by atoms with E-state index in [1.807, 2.05) is 36.4 Å². The van der Waals surface area contributed by atoms with Gasteiger partial charge in [-0.25, -0.2) is 9.79 Å². The van der Waals surface area contributed by atoms with E-state index in [0.29, 0.717) is 50.5 Å². The van der Waals surface area contributed by atoms with Gasteiger partial charge in [0.25, 0.3) is 5.91 Å². The van der Waals surface area contributed by atoms with E-state index in [1.54, 1.807) is 51.4 Å². The summed E-state index contributed by atoms with van der Waals surface area (Å²) in [5.41, 5.74) is 2.86. The Balaban J connectivity index is 1.52. The molecule has 1 saturated heterocycles. The van der Waals surface area contributed by atoms with Gasteiger partial charge in [0, 0.05) is 11.5 Å². The van der Waals surface area contributed by atoms with Gasteiger partial charge < -0.3 is 14.2 Å². The number of hydrogen-bond acceptors (Lipinski definition) is 7. The van der Waals surface area contributed by atoms with Gasteiger partial charge in [0.15, 0.2) is 16.7 Å². The third kappa shape index (κ3) is 6.67. The number of hydrogen-bond donors (Lipinski definition) is 0. The number of thioether (sulfide) groups is 1. The number of carbonyl (C=O) groups is 2. The van der Waals surface area contributed by atoms with Crippen LogP contribution in [0.15, 0.2) is 79.5 Å². The van der Waals surface area contributed by atoms with Crippen molar-refractivity contribution in [2.24, 2.45) is 4.99 Å². The number of ether oxygens (including phenoxy) is 3. The van der Waals surface area contributed by atoms with Gasteiger partial charge in [0.05, 0.1) is 34.3 Å². The smallest absolute Gasteiger partial charge is 0.338 e. The average molecular weight is 660 g/mol. The lowest BCUT2D eigenvalue weighted by Gasteiger charge is -2.14. The first kappa shape index (κ1) is 27.9. The van der Waals surface area contributed by atoms with E-state index in [4.69, 9.17) is 14.2 Å². The van der Waals surface area contributed by atoms with Crippen LogP contribution in [0.3, 0.4) is 0 Å². The number of amidine groups is 1. The third-order valence-corrected chi connectivity index (χ3v) is 7.63. The summed E-state index contributed by atoms with van der Waals surface area (Å²) >= 11 is 8.29. The number of aliphatic imine (C=N–C) groups is 1. The molecule has 0 unspecified atom stereocenters. The molecule has 0 bridgehead atoms. The molecule has 1 amide bonds. The second kappa shape index (κ2) is 12.6. The van der Waals surface area contributed by atoms with Crippen molar-refractivity contribution in [2.45, 2.75) is 13.5 Å². The second-order valence-electron chi connectivity index (χ2n) is 8.09. The molecule has 4 rings (SSSR count). The van der Waals surface area contributed by atoms with Crippen LogP contribution in [-0.2, 0) is 16.1 Å². The van der Waals surface area contributed by atoms with Gasteiger partial charge in [-0.2, -0.15) is 0 Å². The maximum atomic E-state index is 12.9. The van der Waals surface area contributed by atoms with Gasteiger partial charge in [-0.3, -0.25) is 9.69 Å². The zero-order valence-electron chi connectivity index (χ0n) is 20.9. The van der Waals surface area contributed by atoms with Gasteiger partial charge in [0.1, 0.15) is 6.61 Å². The fraction of sp³-hybridized carbons (Fsp3) is 0.179. The molecule has 196 valence electrons. The lowest BCUT2D eigenvalue weighted by atomic mass is 10.1. The van der Waals surface area contributed by atoms with E-state index in [9.17, 15) is 9.59 Å². The number of halogens is 2. The maximum Gasteiger partial charge on any atom is 0.338 e. The van der Waals surface area contributed by atoms with Crippen molar-refractivity contribution in [3.05, 3.63) is 91.2 Å². The molecule has 10 heteroatoms. The second-order valence-corrected chi connectivity index (χ2v) is 10.9. The number of amides is 1. The van der Waals surface area contributed by atoms with Gasteiger partial charge in [-0.1, -0.05) is 28.1 Å². The molecule has 7 nitrogen and oxygen atoms in total.